The summed E-state index contributed by atoms with van der Waals surface area (Å²) in [5, 5.41) is 3.69. The van der Waals surface area contributed by atoms with Crippen molar-refractivity contribution in [1.29, 1.82) is 0 Å². The molecular formula is C23H27N9. The molecule has 0 bridgehead atoms. The summed E-state index contributed by atoms with van der Waals surface area (Å²) in [6.07, 6.45) is 10.8. The minimum Gasteiger partial charge on any atom is -0.365 e. The van der Waals surface area contributed by atoms with E-state index >= 15 is 0 Å². The van der Waals surface area contributed by atoms with E-state index in [4.69, 9.17) is 9.97 Å². The van der Waals surface area contributed by atoms with Gasteiger partial charge in [0.15, 0.2) is 17.0 Å². The standard InChI is InChI=1S/C23H27N9/c1-4-31-22(15-10-24-13(2)25-11-15)30-20-21(26-12-27-23(20)31)29-16-5-8-18-19(9-16)32(14(3)28-18)17-6-7-17/h10-12,16-17H,4-9H2,1-3H3,(H,26,27,29)/t16-/m1/s1. The molecule has 0 aliphatic heterocycles. The smallest absolute Gasteiger partial charge is 0.165 e. The molecule has 0 radical (unpaired) electrons. The van der Waals surface area contributed by atoms with Crippen LogP contribution in [0.15, 0.2) is 18.7 Å². The molecule has 164 valence electrons. The van der Waals surface area contributed by atoms with Gasteiger partial charge in [0, 0.05) is 43.1 Å². The molecule has 9 heteroatoms. The largest absolute Gasteiger partial charge is 0.365 e. The number of aromatic nitrogens is 8. The third kappa shape index (κ3) is 3.14. The van der Waals surface area contributed by atoms with Crippen LogP contribution in [0.5, 0.6) is 0 Å². The van der Waals surface area contributed by atoms with E-state index in [9.17, 15) is 0 Å². The van der Waals surface area contributed by atoms with Crippen molar-refractivity contribution >= 4 is 17.0 Å². The lowest BCUT2D eigenvalue weighted by Crippen LogP contribution is -2.29. The first-order chi connectivity index (χ1) is 15.6. The quantitative estimate of drug-likeness (QED) is 0.519. The Morgan fingerprint density at radius 3 is 2.59 bits per heavy atom. The summed E-state index contributed by atoms with van der Waals surface area (Å²) in [6, 6.07) is 0.947. The number of aryl methyl sites for hydroxylation is 4. The molecule has 4 aromatic heterocycles. The molecule has 1 N–H and O–H groups in total. The Morgan fingerprint density at radius 2 is 1.84 bits per heavy atom. The maximum atomic E-state index is 4.93. The minimum atomic E-state index is 0.298. The average molecular weight is 430 g/mol. The first kappa shape index (κ1) is 19.3. The summed E-state index contributed by atoms with van der Waals surface area (Å²) in [5.41, 5.74) is 5.18. The molecular weight excluding hydrogens is 402 g/mol. The van der Waals surface area contributed by atoms with Crippen molar-refractivity contribution in [2.45, 2.75) is 71.5 Å². The second kappa shape index (κ2) is 7.36. The van der Waals surface area contributed by atoms with Crippen LogP contribution in [0.3, 0.4) is 0 Å². The predicted octanol–water partition coefficient (Wildman–Crippen LogP) is 3.42. The maximum Gasteiger partial charge on any atom is 0.165 e. The lowest BCUT2D eigenvalue weighted by molar-refractivity contribution is 0.562. The topological polar surface area (TPSA) is 99.2 Å². The number of anilines is 1. The number of nitrogens with one attached hydrogen (secondary N) is 1. The lowest BCUT2D eigenvalue weighted by Gasteiger charge is -2.25. The molecule has 1 atom stereocenters. The third-order valence-corrected chi connectivity index (χ3v) is 6.58. The van der Waals surface area contributed by atoms with Crippen LogP contribution in [0.25, 0.3) is 22.6 Å². The first-order valence-corrected chi connectivity index (χ1v) is 11.5. The van der Waals surface area contributed by atoms with Crippen LogP contribution in [-0.2, 0) is 19.4 Å². The summed E-state index contributed by atoms with van der Waals surface area (Å²) in [7, 11) is 0. The Hall–Kier alpha value is -3.36. The summed E-state index contributed by atoms with van der Waals surface area (Å²) in [4.78, 5) is 27.6. The fourth-order valence-electron chi connectivity index (χ4n) is 4.91. The predicted molar refractivity (Wildman–Crippen MR) is 121 cm³/mol. The molecule has 4 heterocycles. The van der Waals surface area contributed by atoms with Gasteiger partial charge in [0.1, 0.15) is 23.8 Å². The highest BCUT2D eigenvalue weighted by Crippen LogP contribution is 2.39. The molecule has 2 aliphatic rings. The number of hydrogen-bond acceptors (Lipinski definition) is 7. The second-order valence-corrected chi connectivity index (χ2v) is 8.83. The van der Waals surface area contributed by atoms with E-state index in [0.29, 0.717) is 12.1 Å². The summed E-state index contributed by atoms with van der Waals surface area (Å²) < 4.78 is 4.57. The molecule has 0 amide bonds. The van der Waals surface area contributed by atoms with Crippen molar-refractivity contribution in [3.05, 3.63) is 41.8 Å². The number of hydrogen-bond donors (Lipinski definition) is 1. The highest BCUT2D eigenvalue weighted by molar-refractivity contribution is 5.86. The van der Waals surface area contributed by atoms with Crippen molar-refractivity contribution in [1.82, 2.24) is 39.0 Å². The molecule has 0 saturated heterocycles. The van der Waals surface area contributed by atoms with Gasteiger partial charge in [-0.15, -0.1) is 0 Å². The zero-order chi connectivity index (χ0) is 21.8. The Kier molecular flexibility index (Phi) is 4.44. The fourth-order valence-corrected chi connectivity index (χ4v) is 4.91. The number of rotatable bonds is 5. The molecule has 0 spiro atoms. The van der Waals surface area contributed by atoms with Crippen LogP contribution in [0, 0.1) is 13.8 Å². The summed E-state index contributed by atoms with van der Waals surface area (Å²) >= 11 is 0. The molecule has 32 heavy (non-hydrogen) atoms. The molecule has 1 saturated carbocycles. The molecule has 0 unspecified atom stereocenters. The van der Waals surface area contributed by atoms with Crippen molar-refractivity contribution < 1.29 is 0 Å². The lowest BCUT2D eigenvalue weighted by atomic mass is 9.95. The van der Waals surface area contributed by atoms with Crippen LogP contribution in [0.1, 0.15) is 55.3 Å². The van der Waals surface area contributed by atoms with Gasteiger partial charge in [0.05, 0.1) is 11.3 Å². The molecule has 9 nitrogen and oxygen atoms in total. The van der Waals surface area contributed by atoms with E-state index in [2.05, 4.69) is 48.2 Å². The van der Waals surface area contributed by atoms with Crippen LogP contribution in [0.2, 0.25) is 0 Å². The third-order valence-electron chi connectivity index (χ3n) is 6.58. The molecule has 2 aliphatic carbocycles. The number of imidazole rings is 2. The Balaban J connectivity index is 1.34. The van der Waals surface area contributed by atoms with E-state index in [1.807, 2.05) is 19.3 Å². The zero-order valence-electron chi connectivity index (χ0n) is 18.7. The number of fused-ring (bicyclic) bond motifs is 2. The van der Waals surface area contributed by atoms with Gasteiger partial charge in [-0.25, -0.2) is 29.9 Å². The van der Waals surface area contributed by atoms with Crippen LogP contribution in [-0.4, -0.2) is 45.1 Å². The molecule has 1 fully saturated rings. The summed E-state index contributed by atoms with van der Waals surface area (Å²) in [5.74, 6) is 3.51. The monoisotopic (exact) mass is 429 g/mol. The van der Waals surface area contributed by atoms with Gasteiger partial charge in [0.2, 0.25) is 0 Å². The van der Waals surface area contributed by atoms with Crippen molar-refractivity contribution in [3.63, 3.8) is 0 Å². The van der Waals surface area contributed by atoms with Gasteiger partial charge in [-0.1, -0.05) is 0 Å². The molecule has 6 rings (SSSR count). The Labute approximate surface area is 186 Å². The van der Waals surface area contributed by atoms with Gasteiger partial charge in [0.25, 0.3) is 0 Å². The van der Waals surface area contributed by atoms with Gasteiger partial charge in [-0.2, -0.15) is 0 Å². The van der Waals surface area contributed by atoms with Crippen molar-refractivity contribution in [2.75, 3.05) is 5.32 Å². The normalized spacial score (nSPS) is 18.2. The van der Waals surface area contributed by atoms with Crippen LogP contribution in [0.4, 0.5) is 5.82 Å². The minimum absolute atomic E-state index is 0.298. The van der Waals surface area contributed by atoms with E-state index in [-0.39, 0.29) is 0 Å². The highest BCUT2D eigenvalue weighted by atomic mass is 15.2. The van der Waals surface area contributed by atoms with E-state index in [0.717, 1.165) is 65.8 Å². The zero-order valence-corrected chi connectivity index (χ0v) is 18.7. The Bertz CT molecular complexity index is 1300. The van der Waals surface area contributed by atoms with Gasteiger partial charge in [-0.3, -0.25) is 0 Å². The van der Waals surface area contributed by atoms with Crippen molar-refractivity contribution in [3.8, 4) is 11.4 Å². The van der Waals surface area contributed by atoms with Crippen LogP contribution < -0.4 is 5.32 Å². The summed E-state index contributed by atoms with van der Waals surface area (Å²) in [6.45, 7) is 6.87. The molecule has 4 aromatic rings. The molecule has 0 aromatic carbocycles. The van der Waals surface area contributed by atoms with E-state index < -0.39 is 0 Å². The maximum absolute atomic E-state index is 4.93. The van der Waals surface area contributed by atoms with Gasteiger partial charge >= 0.3 is 0 Å². The number of nitrogens with zero attached hydrogens (tertiary/aromatic N) is 8. The van der Waals surface area contributed by atoms with Gasteiger partial charge in [-0.05, 0) is 46.5 Å². The first-order valence-electron chi connectivity index (χ1n) is 11.5. The SMILES string of the molecule is CCn1c(-c2cnc(C)nc2)nc2c(N[C@@H]3CCc4nc(C)n(C5CC5)c4C3)ncnc21. The average Bonchev–Trinajstić information content (AvgIpc) is 3.47. The Morgan fingerprint density at radius 1 is 1.03 bits per heavy atom. The van der Waals surface area contributed by atoms with Crippen molar-refractivity contribution in [2.24, 2.45) is 0 Å². The fraction of sp³-hybridized carbons (Fsp3) is 0.478. The van der Waals surface area contributed by atoms with E-state index in [1.54, 1.807) is 6.33 Å². The van der Waals surface area contributed by atoms with Gasteiger partial charge < -0.3 is 14.5 Å². The van der Waals surface area contributed by atoms with E-state index in [1.165, 1.54) is 24.2 Å². The highest BCUT2D eigenvalue weighted by Gasteiger charge is 2.32. The van der Waals surface area contributed by atoms with Crippen LogP contribution >= 0.6 is 0 Å². The second-order valence-electron chi connectivity index (χ2n) is 8.83.